The van der Waals surface area contributed by atoms with Gasteiger partial charge < -0.3 is 43.9 Å². The third kappa shape index (κ3) is 11.3. The van der Waals surface area contributed by atoms with Gasteiger partial charge >= 0.3 is 5.97 Å². The molecule has 3 N–H and O–H groups in total. The van der Waals surface area contributed by atoms with Crippen LogP contribution < -0.4 is 0 Å². The molecule has 0 aromatic carbocycles. The minimum absolute atomic E-state index is 0.00988. The van der Waals surface area contributed by atoms with Crippen molar-refractivity contribution < 1.29 is 58.2 Å². The first-order valence-corrected chi connectivity index (χ1v) is 20.9. The standard InChI is InChI=1S/C44H69NO12/c1-10-13-31-19-25(2)18-26(3)20-37(54-8)40-38(55-9)22-28(5)44(52,57-40)41(49)42(50)45-17-12-11-14-32(45)43(51)56-39(29(6)34(47)24-35(31)48)27(4)21-30-15-16-33(46)36(23-30)53-7/h10,19,21,26,28-34,36-40,46-47,52H,1,11-18,20,22-24H2,2-9H3/b25-19+,27-21+/t26-,28-,29+,30+,31+,32+,33-,34+,36-,37+,38+,39-,40-,44-/m1/s1. The van der Waals surface area contributed by atoms with Crippen LogP contribution in [0.3, 0.4) is 0 Å². The van der Waals surface area contributed by atoms with Crippen LogP contribution in [0.4, 0.5) is 0 Å². The zero-order valence-electron chi connectivity index (χ0n) is 35.4. The molecule has 1 saturated carbocycles. The molecule has 57 heavy (non-hydrogen) atoms. The largest absolute Gasteiger partial charge is 0.456 e. The van der Waals surface area contributed by atoms with Crippen molar-refractivity contribution >= 4 is 23.4 Å². The number of amides is 1. The number of aliphatic hydroxyl groups is 3. The Morgan fingerprint density at radius 2 is 1.60 bits per heavy atom. The number of piperidine rings is 1. The van der Waals surface area contributed by atoms with Crippen molar-refractivity contribution in [3.8, 4) is 0 Å². The van der Waals surface area contributed by atoms with Gasteiger partial charge in [0, 0.05) is 52.0 Å². The van der Waals surface area contributed by atoms with E-state index >= 15 is 0 Å². The highest BCUT2D eigenvalue weighted by Gasteiger charge is 2.56. The molecule has 13 heteroatoms. The summed E-state index contributed by atoms with van der Waals surface area (Å²) in [5.41, 5.74) is 1.61. The Morgan fingerprint density at radius 3 is 2.25 bits per heavy atom. The third-order valence-electron chi connectivity index (χ3n) is 12.9. The number of fused-ring (bicyclic) bond motifs is 3. The lowest BCUT2D eigenvalue weighted by molar-refractivity contribution is -0.302. The van der Waals surface area contributed by atoms with Crippen LogP contribution in [0.15, 0.2) is 36.0 Å². The topological polar surface area (TPSA) is 178 Å². The molecule has 1 aliphatic carbocycles. The van der Waals surface area contributed by atoms with Gasteiger partial charge in [0.2, 0.25) is 5.79 Å². The Labute approximate surface area is 339 Å². The molecular weight excluding hydrogens is 734 g/mol. The number of hydrogen-bond acceptors (Lipinski definition) is 12. The summed E-state index contributed by atoms with van der Waals surface area (Å²) in [5.74, 6) is -7.76. The molecule has 13 nitrogen and oxygen atoms in total. The fourth-order valence-corrected chi connectivity index (χ4v) is 9.42. The summed E-state index contributed by atoms with van der Waals surface area (Å²) in [6, 6.07) is -1.14. The summed E-state index contributed by atoms with van der Waals surface area (Å²) in [6.45, 7) is 13.1. The van der Waals surface area contributed by atoms with Gasteiger partial charge in [-0.3, -0.25) is 14.4 Å². The number of allylic oxidation sites excluding steroid dienone is 4. The van der Waals surface area contributed by atoms with Crippen molar-refractivity contribution in [1.29, 1.82) is 0 Å². The number of carbonyl (C=O) groups excluding carboxylic acids is 4. The number of Topliss-reactive ketones (excluding diaryl/α,β-unsaturated/α-hetero) is 2. The summed E-state index contributed by atoms with van der Waals surface area (Å²) >= 11 is 0. The van der Waals surface area contributed by atoms with Crippen LogP contribution in [0.25, 0.3) is 0 Å². The first kappa shape index (κ1) is 46.9. The number of nitrogens with zero attached hydrogens (tertiary/aromatic N) is 1. The monoisotopic (exact) mass is 803 g/mol. The van der Waals surface area contributed by atoms with Gasteiger partial charge in [0.05, 0.1) is 30.5 Å². The second-order valence-corrected chi connectivity index (χ2v) is 17.3. The highest BCUT2D eigenvalue weighted by Crippen LogP contribution is 2.39. The lowest BCUT2D eigenvalue weighted by Crippen LogP contribution is -2.64. The predicted molar refractivity (Wildman–Crippen MR) is 213 cm³/mol. The summed E-state index contributed by atoms with van der Waals surface area (Å²) in [7, 11) is 4.61. The second kappa shape index (κ2) is 21.0. The summed E-state index contributed by atoms with van der Waals surface area (Å²) in [5, 5.41) is 34.1. The van der Waals surface area contributed by atoms with Crippen molar-refractivity contribution in [2.24, 2.45) is 29.6 Å². The second-order valence-electron chi connectivity index (χ2n) is 17.3. The molecule has 14 atom stereocenters. The number of methoxy groups -OCH3 is 3. The van der Waals surface area contributed by atoms with Crippen LogP contribution >= 0.6 is 0 Å². The smallest absolute Gasteiger partial charge is 0.329 e. The average molecular weight is 804 g/mol. The molecule has 0 spiro atoms. The molecule has 0 unspecified atom stereocenters. The van der Waals surface area contributed by atoms with Gasteiger partial charge in [-0.1, -0.05) is 44.6 Å². The Bertz CT molecular complexity index is 1480. The van der Waals surface area contributed by atoms with Crippen molar-refractivity contribution in [3.63, 3.8) is 0 Å². The molecule has 3 heterocycles. The van der Waals surface area contributed by atoms with E-state index in [0.29, 0.717) is 56.9 Å². The van der Waals surface area contributed by atoms with E-state index < -0.39 is 83.9 Å². The first-order valence-electron chi connectivity index (χ1n) is 20.9. The Balaban J connectivity index is 1.78. The summed E-state index contributed by atoms with van der Waals surface area (Å²) < 4.78 is 29.7. The normalized spacial score (nSPS) is 41.0. The van der Waals surface area contributed by atoms with Crippen LogP contribution in [0.1, 0.15) is 105 Å². The number of ketones is 2. The molecule has 0 radical (unpaired) electrons. The van der Waals surface area contributed by atoms with Gasteiger partial charge in [-0.15, -0.1) is 6.58 Å². The molecule has 3 fully saturated rings. The number of rotatable bonds is 7. The number of cyclic esters (lactones) is 1. The van der Waals surface area contributed by atoms with E-state index in [-0.39, 0.29) is 49.5 Å². The van der Waals surface area contributed by atoms with E-state index in [1.807, 2.05) is 32.9 Å². The van der Waals surface area contributed by atoms with E-state index in [4.69, 9.17) is 23.7 Å². The maximum atomic E-state index is 14.3. The van der Waals surface area contributed by atoms with Crippen LogP contribution in [-0.4, -0.2) is 126 Å². The minimum Gasteiger partial charge on any atom is -0.456 e. The lowest BCUT2D eigenvalue weighted by Gasteiger charge is -2.47. The van der Waals surface area contributed by atoms with Gasteiger partial charge in [0.25, 0.3) is 11.7 Å². The average Bonchev–Trinajstić information content (AvgIpc) is 3.18. The van der Waals surface area contributed by atoms with Crippen molar-refractivity contribution in [3.05, 3.63) is 36.0 Å². The number of hydrogen-bond donors (Lipinski definition) is 3. The van der Waals surface area contributed by atoms with Crippen LogP contribution in [0, 0.1) is 29.6 Å². The highest BCUT2D eigenvalue weighted by molar-refractivity contribution is 6.39. The quantitative estimate of drug-likeness (QED) is 0.185. The zero-order valence-corrected chi connectivity index (χ0v) is 35.4. The predicted octanol–water partition coefficient (Wildman–Crippen LogP) is 4.64. The summed E-state index contributed by atoms with van der Waals surface area (Å²) in [4.78, 5) is 57.8. The van der Waals surface area contributed by atoms with Crippen LogP contribution in [0.2, 0.25) is 0 Å². The van der Waals surface area contributed by atoms with Gasteiger partial charge in [-0.25, -0.2) is 4.79 Å². The molecule has 4 rings (SSSR count). The Hall–Kier alpha value is -2.78. The fraction of sp³-hybridized carbons (Fsp3) is 0.773. The van der Waals surface area contributed by atoms with Gasteiger partial charge in [0.15, 0.2) is 0 Å². The van der Waals surface area contributed by atoms with E-state index in [1.165, 1.54) is 19.1 Å². The van der Waals surface area contributed by atoms with Crippen LogP contribution in [-0.2, 0) is 42.9 Å². The van der Waals surface area contributed by atoms with E-state index in [1.54, 1.807) is 27.0 Å². The minimum atomic E-state index is -2.51. The Morgan fingerprint density at radius 1 is 0.930 bits per heavy atom. The molecule has 3 aliphatic heterocycles. The van der Waals surface area contributed by atoms with E-state index in [2.05, 4.69) is 6.58 Å². The van der Waals surface area contributed by atoms with Gasteiger partial charge in [-0.05, 0) is 95.5 Å². The van der Waals surface area contributed by atoms with Crippen molar-refractivity contribution in [2.75, 3.05) is 27.9 Å². The molecule has 1 amide bonds. The maximum absolute atomic E-state index is 14.3. The molecule has 322 valence electrons. The lowest BCUT2D eigenvalue weighted by atomic mass is 9.81. The number of ether oxygens (including phenoxy) is 5. The zero-order chi connectivity index (χ0) is 42.2. The molecule has 2 bridgehead atoms. The molecule has 2 saturated heterocycles. The number of esters is 1. The number of carbonyl (C=O) groups is 4. The highest BCUT2D eigenvalue weighted by atomic mass is 16.7. The van der Waals surface area contributed by atoms with E-state index in [0.717, 1.165) is 5.57 Å². The maximum Gasteiger partial charge on any atom is 0.329 e. The van der Waals surface area contributed by atoms with Gasteiger partial charge in [-0.2, -0.15) is 0 Å². The molecular formula is C44H69NO12. The number of aliphatic hydroxyl groups excluding tert-OH is 2. The molecule has 4 aliphatic rings. The third-order valence-corrected chi connectivity index (χ3v) is 12.9. The first-order chi connectivity index (χ1) is 27.0. The van der Waals surface area contributed by atoms with Crippen molar-refractivity contribution in [1.82, 2.24) is 4.90 Å². The molecule has 0 aromatic rings. The SMILES string of the molecule is C=CC[C@H]1/C=C(\C)C[C@@H](C)C[C@H](OC)[C@H]2O[C@@](O)(C(=O)C(=O)N3CCCC[C@H]3C(=O)O[C@H](/C(C)=C/[C@@H]3CC[C@@H](O)[C@H](OC)C3)[C@@H](C)[C@@H](O)CC1=O)[C@H](C)C[C@@H]2OC. The van der Waals surface area contributed by atoms with Gasteiger partial charge in [0.1, 0.15) is 24.0 Å². The van der Waals surface area contributed by atoms with Crippen LogP contribution in [0.5, 0.6) is 0 Å². The Kier molecular flexibility index (Phi) is 17.2. The summed E-state index contributed by atoms with van der Waals surface area (Å²) in [6.07, 6.45) is 4.93. The van der Waals surface area contributed by atoms with E-state index in [9.17, 15) is 34.5 Å². The fourth-order valence-electron chi connectivity index (χ4n) is 9.42. The molecule has 0 aromatic heterocycles. The van der Waals surface area contributed by atoms with Crippen molar-refractivity contribution in [2.45, 2.75) is 160 Å².